The molecular formula is C19H20N2O3S3. The Kier molecular flexibility index (Phi) is 5.98. The first-order chi connectivity index (χ1) is 12.9. The molecule has 0 aliphatic carbocycles. The van der Waals surface area contributed by atoms with Crippen LogP contribution in [0.1, 0.15) is 35.1 Å². The third-order valence-electron chi connectivity index (χ3n) is 3.94. The molecule has 2 aromatic heterocycles. The van der Waals surface area contributed by atoms with Gasteiger partial charge in [-0.15, -0.1) is 22.7 Å². The van der Waals surface area contributed by atoms with E-state index in [1.807, 2.05) is 17.5 Å². The number of thiophene rings is 2. The lowest BCUT2D eigenvalue weighted by molar-refractivity contribution is 0.0926. The van der Waals surface area contributed by atoms with E-state index in [9.17, 15) is 13.2 Å². The number of anilines is 1. The van der Waals surface area contributed by atoms with Crippen LogP contribution in [0, 0.1) is 5.92 Å². The van der Waals surface area contributed by atoms with Gasteiger partial charge in [-0.2, -0.15) is 0 Å². The maximum Gasteiger partial charge on any atom is 0.271 e. The molecule has 2 N–H and O–H groups in total. The topological polar surface area (TPSA) is 75.3 Å². The van der Waals surface area contributed by atoms with Crippen molar-refractivity contribution in [1.82, 2.24) is 5.32 Å². The van der Waals surface area contributed by atoms with Crippen LogP contribution in [0.15, 0.2) is 63.5 Å². The summed E-state index contributed by atoms with van der Waals surface area (Å²) in [5.41, 5.74) is 0.761. The number of carbonyl (C=O) groups excluding carboxylic acids is 1. The predicted molar refractivity (Wildman–Crippen MR) is 111 cm³/mol. The Balaban J connectivity index is 1.77. The highest BCUT2D eigenvalue weighted by atomic mass is 32.2. The van der Waals surface area contributed by atoms with E-state index < -0.39 is 10.0 Å². The van der Waals surface area contributed by atoms with Gasteiger partial charge < -0.3 is 5.32 Å². The van der Waals surface area contributed by atoms with Gasteiger partial charge in [0, 0.05) is 16.1 Å². The molecule has 0 radical (unpaired) electrons. The number of amides is 1. The van der Waals surface area contributed by atoms with Crippen molar-refractivity contribution < 1.29 is 13.2 Å². The van der Waals surface area contributed by atoms with Crippen LogP contribution in [0.2, 0.25) is 0 Å². The van der Waals surface area contributed by atoms with Crippen molar-refractivity contribution in [3.05, 3.63) is 69.7 Å². The lowest BCUT2D eigenvalue weighted by Gasteiger charge is -2.21. The molecule has 0 aliphatic heterocycles. The lowest BCUT2D eigenvalue weighted by Crippen LogP contribution is -2.31. The maximum absolute atomic E-state index is 12.7. The Morgan fingerprint density at radius 1 is 1.00 bits per heavy atom. The second-order valence-electron chi connectivity index (χ2n) is 6.33. The summed E-state index contributed by atoms with van der Waals surface area (Å²) in [6.07, 6.45) is 0. The van der Waals surface area contributed by atoms with Gasteiger partial charge in [0.05, 0.1) is 6.04 Å². The lowest BCUT2D eigenvalue weighted by atomic mass is 10.0. The van der Waals surface area contributed by atoms with Gasteiger partial charge in [-0.25, -0.2) is 8.42 Å². The monoisotopic (exact) mass is 420 g/mol. The van der Waals surface area contributed by atoms with Crippen molar-refractivity contribution in [2.24, 2.45) is 5.92 Å². The van der Waals surface area contributed by atoms with Crippen LogP contribution in [0.3, 0.4) is 0 Å². The molecule has 0 unspecified atom stereocenters. The summed E-state index contributed by atoms with van der Waals surface area (Å²) < 4.78 is 27.5. The quantitative estimate of drug-likeness (QED) is 0.580. The van der Waals surface area contributed by atoms with E-state index in [1.165, 1.54) is 6.07 Å². The molecule has 0 bridgehead atoms. The maximum atomic E-state index is 12.7. The molecule has 0 fully saturated rings. The van der Waals surface area contributed by atoms with Crippen molar-refractivity contribution in [3.8, 4) is 0 Å². The number of hydrogen-bond donors (Lipinski definition) is 2. The first-order valence-electron chi connectivity index (χ1n) is 8.37. The van der Waals surface area contributed by atoms with Crippen LogP contribution in [0.5, 0.6) is 0 Å². The van der Waals surface area contributed by atoms with Gasteiger partial charge in [0.25, 0.3) is 15.9 Å². The number of carbonyl (C=O) groups is 1. The van der Waals surface area contributed by atoms with E-state index in [0.29, 0.717) is 11.3 Å². The molecule has 8 heteroatoms. The van der Waals surface area contributed by atoms with E-state index >= 15 is 0 Å². The second kappa shape index (κ2) is 8.24. The summed E-state index contributed by atoms with van der Waals surface area (Å²) in [5, 5.41) is 6.74. The minimum absolute atomic E-state index is 0.0935. The zero-order valence-electron chi connectivity index (χ0n) is 14.9. The molecular weight excluding hydrogens is 400 g/mol. The van der Waals surface area contributed by atoms with E-state index in [0.717, 1.165) is 16.2 Å². The molecule has 1 aromatic carbocycles. The van der Waals surface area contributed by atoms with Crippen LogP contribution >= 0.6 is 22.7 Å². The van der Waals surface area contributed by atoms with Crippen LogP contribution in [-0.2, 0) is 10.0 Å². The van der Waals surface area contributed by atoms with E-state index in [-0.39, 0.29) is 22.1 Å². The van der Waals surface area contributed by atoms with Crippen LogP contribution in [0.25, 0.3) is 0 Å². The third kappa shape index (κ3) is 4.77. The van der Waals surface area contributed by atoms with Crippen molar-refractivity contribution in [2.75, 3.05) is 4.72 Å². The minimum atomic E-state index is -3.65. The summed E-state index contributed by atoms with van der Waals surface area (Å²) in [7, 11) is -3.65. The van der Waals surface area contributed by atoms with Crippen molar-refractivity contribution >= 4 is 44.3 Å². The number of benzene rings is 1. The number of nitrogens with one attached hydrogen (secondary N) is 2. The van der Waals surface area contributed by atoms with Gasteiger partial charge in [-0.1, -0.05) is 32.0 Å². The third-order valence-corrected chi connectivity index (χ3v) is 7.67. The molecule has 1 amide bonds. The smallest absolute Gasteiger partial charge is 0.271 e. The normalized spacial score (nSPS) is 12.7. The highest BCUT2D eigenvalue weighted by Gasteiger charge is 2.21. The van der Waals surface area contributed by atoms with E-state index in [2.05, 4.69) is 23.9 Å². The summed E-state index contributed by atoms with van der Waals surface area (Å²) in [6.45, 7) is 4.10. The van der Waals surface area contributed by atoms with Gasteiger partial charge in [-0.05, 0) is 47.0 Å². The van der Waals surface area contributed by atoms with Crippen LogP contribution < -0.4 is 10.0 Å². The SMILES string of the molecule is CC(C)[C@H](NC(=O)c1cccc(NS(=O)(=O)c2cccs2)c1)c1cccs1. The largest absolute Gasteiger partial charge is 0.344 e. The van der Waals surface area contributed by atoms with Crippen molar-refractivity contribution in [2.45, 2.75) is 24.1 Å². The molecule has 3 rings (SSSR count). The fraction of sp³-hybridized carbons (Fsp3) is 0.211. The first-order valence-corrected chi connectivity index (χ1v) is 11.6. The first kappa shape index (κ1) is 19.6. The van der Waals surface area contributed by atoms with Crippen LogP contribution in [0.4, 0.5) is 5.69 Å². The van der Waals surface area contributed by atoms with Gasteiger partial charge in [0.15, 0.2) is 0 Å². The fourth-order valence-corrected chi connectivity index (χ4v) is 5.60. The summed E-state index contributed by atoms with van der Waals surface area (Å²) >= 11 is 2.74. The molecule has 0 aliphatic rings. The minimum Gasteiger partial charge on any atom is -0.344 e. The highest BCUT2D eigenvalue weighted by Crippen LogP contribution is 2.26. The fourth-order valence-electron chi connectivity index (χ4n) is 2.60. The Hall–Kier alpha value is -2.16. The summed E-state index contributed by atoms with van der Waals surface area (Å²) in [6, 6.07) is 13.6. The van der Waals surface area contributed by atoms with Crippen molar-refractivity contribution in [1.29, 1.82) is 0 Å². The molecule has 5 nitrogen and oxygen atoms in total. The average Bonchev–Trinajstić information content (AvgIpc) is 3.32. The Morgan fingerprint density at radius 2 is 1.74 bits per heavy atom. The zero-order valence-corrected chi connectivity index (χ0v) is 17.3. The van der Waals surface area contributed by atoms with Gasteiger partial charge in [0.2, 0.25) is 0 Å². The molecule has 0 spiro atoms. The summed E-state index contributed by atoms with van der Waals surface area (Å²) in [4.78, 5) is 13.8. The van der Waals surface area contributed by atoms with Gasteiger partial charge >= 0.3 is 0 Å². The van der Waals surface area contributed by atoms with E-state index in [4.69, 9.17) is 0 Å². The average molecular weight is 421 g/mol. The molecule has 1 atom stereocenters. The van der Waals surface area contributed by atoms with Gasteiger partial charge in [0.1, 0.15) is 4.21 Å². The predicted octanol–water partition coefficient (Wildman–Crippen LogP) is 4.74. The number of hydrogen-bond acceptors (Lipinski definition) is 5. The number of sulfonamides is 1. The Labute approximate surface area is 167 Å². The molecule has 2 heterocycles. The number of rotatable bonds is 7. The van der Waals surface area contributed by atoms with Crippen LogP contribution in [-0.4, -0.2) is 14.3 Å². The molecule has 142 valence electrons. The second-order valence-corrected chi connectivity index (χ2v) is 10.2. The highest BCUT2D eigenvalue weighted by molar-refractivity contribution is 7.94. The zero-order chi connectivity index (χ0) is 19.4. The summed E-state index contributed by atoms with van der Waals surface area (Å²) in [5.74, 6) is -0.00705. The molecule has 27 heavy (non-hydrogen) atoms. The molecule has 0 saturated heterocycles. The molecule has 0 saturated carbocycles. The van der Waals surface area contributed by atoms with E-state index in [1.54, 1.807) is 47.0 Å². The van der Waals surface area contributed by atoms with Crippen molar-refractivity contribution in [3.63, 3.8) is 0 Å². The Bertz CT molecular complexity index is 995. The van der Waals surface area contributed by atoms with Gasteiger partial charge in [-0.3, -0.25) is 9.52 Å². The molecule has 3 aromatic rings. The Morgan fingerprint density at radius 3 is 2.37 bits per heavy atom. The standard InChI is InChI=1S/C19H20N2O3S3/c1-13(2)18(16-8-4-10-25-16)20-19(22)14-6-3-7-15(12-14)21-27(23,24)17-9-5-11-26-17/h3-13,18,21H,1-2H3,(H,20,22)/t18-/m0/s1.